The lowest BCUT2D eigenvalue weighted by molar-refractivity contribution is 0.181. The molecule has 6 heteroatoms. The zero-order valence-electron chi connectivity index (χ0n) is 15.4. The van der Waals surface area contributed by atoms with Gasteiger partial charge in [-0.15, -0.1) is 0 Å². The molecule has 1 aliphatic carbocycles. The highest BCUT2D eigenvalue weighted by molar-refractivity contribution is 5.86. The van der Waals surface area contributed by atoms with E-state index in [1.54, 1.807) is 6.20 Å². The monoisotopic (exact) mass is 363 g/mol. The van der Waals surface area contributed by atoms with E-state index in [9.17, 15) is 5.11 Å². The molecule has 0 spiro atoms. The zero-order valence-corrected chi connectivity index (χ0v) is 15.4. The molecule has 0 unspecified atom stereocenters. The Morgan fingerprint density at radius 2 is 2.07 bits per heavy atom. The number of benzene rings is 1. The maximum Gasteiger partial charge on any atom is 0.150 e. The Labute approximate surface area is 158 Å². The van der Waals surface area contributed by atoms with Crippen molar-refractivity contribution in [3.05, 3.63) is 42.0 Å². The van der Waals surface area contributed by atoms with Gasteiger partial charge in [0.1, 0.15) is 22.9 Å². The molecule has 3 heterocycles. The lowest BCUT2D eigenvalue weighted by Crippen LogP contribution is -2.17. The molecule has 5 rings (SSSR count). The summed E-state index contributed by atoms with van der Waals surface area (Å²) in [5.74, 6) is 2.42. The van der Waals surface area contributed by atoms with Crippen LogP contribution in [0.5, 0.6) is 0 Å². The van der Waals surface area contributed by atoms with Crippen LogP contribution in [0.3, 0.4) is 0 Å². The van der Waals surface area contributed by atoms with Crippen LogP contribution in [0, 0.1) is 5.92 Å². The zero-order chi connectivity index (χ0) is 18.4. The highest BCUT2D eigenvalue weighted by Crippen LogP contribution is 2.39. The summed E-state index contributed by atoms with van der Waals surface area (Å²) < 4.78 is 2.13. The maximum absolute atomic E-state index is 9.43. The number of aliphatic hydroxyl groups excluding tert-OH is 1. The molecule has 1 aliphatic heterocycles. The molecule has 0 bridgehead atoms. The Kier molecular flexibility index (Phi) is 4.01. The van der Waals surface area contributed by atoms with E-state index >= 15 is 0 Å². The van der Waals surface area contributed by atoms with E-state index in [1.165, 1.54) is 11.3 Å². The molecule has 2 aromatic heterocycles. The van der Waals surface area contributed by atoms with E-state index in [2.05, 4.69) is 32.9 Å². The third-order valence-corrected chi connectivity index (χ3v) is 6.17. The molecule has 1 saturated carbocycles. The van der Waals surface area contributed by atoms with Crippen LogP contribution in [-0.2, 0) is 6.42 Å². The number of nitrogens with two attached hydrogens (primary N) is 1. The standard InChI is InChI=1S/C21H25N5O/c22-20-19-18(16-5-6-17-15(11-16)7-8-23-17)25-21(26(19)10-9-24-20)14-3-1-13(12-27)2-4-14/h5-6,9-11,13-14,23,27H,1-4,7-8,12H2,(H2,22,24). The number of nitrogens with one attached hydrogen (secondary N) is 1. The van der Waals surface area contributed by atoms with Crippen molar-refractivity contribution in [2.45, 2.75) is 38.0 Å². The number of aliphatic hydroxyl groups is 1. The highest BCUT2D eigenvalue weighted by atomic mass is 16.3. The van der Waals surface area contributed by atoms with Crippen LogP contribution in [0.1, 0.15) is 43.0 Å². The first-order valence-corrected chi connectivity index (χ1v) is 9.85. The highest BCUT2D eigenvalue weighted by Gasteiger charge is 2.27. The predicted molar refractivity (Wildman–Crippen MR) is 107 cm³/mol. The number of anilines is 2. The van der Waals surface area contributed by atoms with E-state index in [4.69, 9.17) is 10.7 Å². The first kappa shape index (κ1) is 16.6. The molecule has 0 amide bonds. The predicted octanol–water partition coefficient (Wildman–Crippen LogP) is 3.21. The van der Waals surface area contributed by atoms with Crippen LogP contribution in [0.15, 0.2) is 30.6 Å². The largest absolute Gasteiger partial charge is 0.396 e. The summed E-state index contributed by atoms with van der Waals surface area (Å²) in [7, 11) is 0. The van der Waals surface area contributed by atoms with E-state index in [1.807, 2.05) is 6.20 Å². The van der Waals surface area contributed by atoms with Crippen molar-refractivity contribution < 1.29 is 5.11 Å². The van der Waals surface area contributed by atoms with E-state index in [0.717, 1.165) is 61.2 Å². The summed E-state index contributed by atoms with van der Waals surface area (Å²) in [5.41, 5.74) is 11.8. The van der Waals surface area contributed by atoms with Gasteiger partial charge < -0.3 is 16.2 Å². The van der Waals surface area contributed by atoms with Crippen molar-refractivity contribution in [2.24, 2.45) is 5.92 Å². The normalized spacial score (nSPS) is 22.0. The summed E-state index contributed by atoms with van der Waals surface area (Å²) >= 11 is 0. The fourth-order valence-electron chi connectivity index (χ4n) is 4.63. The molecule has 0 saturated heterocycles. The molecular weight excluding hydrogens is 338 g/mol. The molecule has 2 aliphatic rings. The maximum atomic E-state index is 9.43. The van der Waals surface area contributed by atoms with Gasteiger partial charge in [0.25, 0.3) is 0 Å². The fourth-order valence-corrected chi connectivity index (χ4v) is 4.63. The number of aromatic nitrogens is 3. The Bertz CT molecular complexity index is 988. The van der Waals surface area contributed by atoms with Gasteiger partial charge in [-0.3, -0.25) is 4.40 Å². The van der Waals surface area contributed by atoms with Gasteiger partial charge in [-0.1, -0.05) is 6.07 Å². The molecule has 0 atom stereocenters. The van der Waals surface area contributed by atoms with E-state index < -0.39 is 0 Å². The Morgan fingerprint density at radius 1 is 1.22 bits per heavy atom. The van der Waals surface area contributed by atoms with Crippen LogP contribution < -0.4 is 11.1 Å². The minimum Gasteiger partial charge on any atom is -0.396 e. The molecule has 140 valence electrons. The summed E-state index contributed by atoms with van der Waals surface area (Å²) in [4.78, 5) is 9.40. The van der Waals surface area contributed by atoms with E-state index in [-0.39, 0.29) is 0 Å². The second-order valence-electron chi connectivity index (χ2n) is 7.80. The number of nitrogens with zero attached hydrogens (tertiary/aromatic N) is 3. The third-order valence-electron chi connectivity index (χ3n) is 6.17. The number of nitrogen functional groups attached to an aromatic ring is 1. The minimum atomic E-state index is 0.292. The summed E-state index contributed by atoms with van der Waals surface area (Å²) in [6, 6.07) is 6.50. The topological polar surface area (TPSA) is 88.5 Å². The number of hydrogen-bond acceptors (Lipinski definition) is 5. The van der Waals surface area contributed by atoms with Gasteiger partial charge in [0.2, 0.25) is 0 Å². The molecule has 4 N–H and O–H groups in total. The van der Waals surface area contributed by atoms with Gasteiger partial charge in [0.05, 0.1) is 0 Å². The number of imidazole rings is 1. The third kappa shape index (κ3) is 2.75. The molecule has 0 radical (unpaired) electrons. The Morgan fingerprint density at radius 3 is 2.89 bits per heavy atom. The molecule has 3 aromatic rings. The average molecular weight is 363 g/mol. The van der Waals surface area contributed by atoms with Gasteiger partial charge in [-0.2, -0.15) is 0 Å². The van der Waals surface area contributed by atoms with Crippen LogP contribution in [0.25, 0.3) is 16.8 Å². The number of fused-ring (bicyclic) bond motifs is 2. The molecular formula is C21H25N5O. The van der Waals surface area contributed by atoms with Crippen LogP contribution in [0.4, 0.5) is 11.5 Å². The van der Waals surface area contributed by atoms with Gasteiger partial charge in [0, 0.05) is 42.7 Å². The minimum absolute atomic E-state index is 0.292. The second kappa shape index (κ2) is 6.53. The van der Waals surface area contributed by atoms with Crippen molar-refractivity contribution >= 4 is 17.0 Å². The van der Waals surface area contributed by atoms with E-state index in [0.29, 0.717) is 24.3 Å². The van der Waals surface area contributed by atoms with Crippen molar-refractivity contribution in [1.29, 1.82) is 0 Å². The van der Waals surface area contributed by atoms with Gasteiger partial charge in [-0.25, -0.2) is 9.97 Å². The van der Waals surface area contributed by atoms with Gasteiger partial charge >= 0.3 is 0 Å². The van der Waals surface area contributed by atoms with Crippen molar-refractivity contribution in [3.8, 4) is 11.3 Å². The fraction of sp³-hybridized carbons (Fsp3) is 0.429. The first-order valence-electron chi connectivity index (χ1n) is 9.85. The Hall–Kier alpha value is -2.60. The lowest BCUT2D eigenvalue weighted by Gasteiger charge is -2.26. The molecule has 1 fully saturated rings. The lowest BCUT2D eigenvalue weighted by atomic mass is 9.82. The summed E-state index contributed by atoms with van der Waals surface area (Å²) in [6.07, 6.45) is 8.99. The summed E-state index contributed by atoms with van der Waals surface area (Å²) in [6.45, 7) is 1.28. The van der Waals surface area contributed by atoms with Crippen LogP contribution >= 0.6 is 0 Å². The average Bonchev–Trinajstić information content (AvgIpc) is 3.33. The quantitative estimate of drug-likeness (QED) is 0.665. The molecule has 27 heavy (non-hydrogen) atoms. The SMILES string of the molecule is Nc1nccn2c(C3CCC(CO)CC3)nc(-c3ccc4c(c3)CCN4)c12. The van der Waals surface area contributed by atoms with Crippen molar-refractivity contribution in [3.63, 3.8) is 0 Å². The van der Waals surface area contributed by atoms with Crippen LogP contribution in [0.2, 0.25) is 0 Å². The van der Waals surface area contributed by atoms with Gasteiger partial charge in [0.15, 0.2) is 0 Å². The van der Waals surface area contributed by atoms with Gasteiger partial charge in [-0.05, 0) is 55.7 Å². The van der Waals surface area contributed by atoms with Crippen molar-refractivity contribution in [2.75, 3.05) is 24.2 Å². The molecule has 1 aromatic carbocycles. The molecule has 6 nitrogen and oxygen atoms in total. The first-order chi connectivity index (χ1) is 13.2. The smallest absolute Gasteiger partial charge is 0.150 e. The summed E-state index contributed by atoms with van der Waals surface area (Å²) in [5, 5.41) is 12.8. The number of rotatable bonds is 3. The number of hydrogen-bond donors (Lipinski definition) is 3. The Balaban J connectivity index is 1.61. The van der Waals surface area contributed by atoms with Crippen LogP contribution in [-0.4, -0.2) is 32.6 Å². The van der Waals surface area contributed by atoms with Crippen molar-refractivity contribution in [1.82, 2.24) is 14.4 Å². The second-order valence-corrected chi connectivity index (χ2v) is 7.80.